The molecule has 2 heterocycles. The smallest absolute Gasteiger partial charge is 0.292 e. The summed E-state index contributed by atoms with van der Waals surface area (Å²) in [4.78, 5) is 22.3. The average Bonchev–Trinajstić information content (AvgIpc) is 3.25. The minimum absolute atomic E-state index is 0.135. The SMILES string of the molecule is COc1ccc(-c2nc(C(C)(C)C)oc2C(=O)N2CCN(c3cccc(Cl)c3)CC2)cc1. The second kappa shape index (κ2) is 8.87. The second-order valence-corrected chi connectivity index (χ2v) is 9.37. The Morgan fingerprint density at radius 2 is 1.75 bits per heavy atom. The first kappa shape index (κ1) is 22.2. The van der Waals surface area contributed by atoms with Crippen molar-refractivity contribution in [3.8, 4) is 17.0 Å². The molecular formula is C25H28ClN3O3. The molecule has 3 aromatic rings. The summed E-state index contributed by atoms with van der Waals surface area (Å²) in [6, 6.07) is 15.3. The van der Waals surface area contributed by atoms with Gasteiger partial charge >= 0.3 is 0 Å². The topological polar surface area (TPSA) is 58.8 Å². The lowest BCUT2D eigenvalue weighted by Gasteiger charge is -2.35. The number of rotatable bonds is 4. The van der Waals surface area contributed by atoms with E-state index in [2.05, 4.69) is 4.90 Å². The van der Waals surface area contributed by atoms with Crippen molar-refractivity contribution in [2.75, 3.05) is 38.2 Å². The van der Waals surface area contributed by atoms with Crippen molar-refractivity contribution >= 4 is 23.2 Å². The Morgan fingerprint density at radius 1 is 1.06 bits per heavy atom. The molecule has 1 aromatic heterocycles. The lowest BCUT2D eigenvalue weighted by Crippen LogP contribution is -2.48. The van der Waals surface area contributed by atoms with E-state index >= 15 is 0 Å². The fraction of sp³-hybridized carbons (Fsp3) is 0.360. The fourth-order valence-corrected chi connectivity index (χ4v) is 3.90. The summed E-state index contributed by atoms with van der Waals surface area (Å²) in [5.74, 6) is 1.45. The van der Waals surface area contributed by atoms with E-state index in [1.165, 1.54) is 0 Å². The molecule has 0 atom stereocenters. The average molecular weight is 454 g/mol. The molecule has 0 unspecified atom stereocenters. The summed E-state index contributed by atoms with van der Waals surface area (Å²) in [7, 11) is 1.63. The molecule has 1 amide bonds. The molecule has 0 spiro atoms. The molecule has 1 saturated heterocycles. The lowest BCUT2D eigenvalue weighted by atomic mass is 9.97. The maximum atomic E-state index is 13.5. The van der Waals surface area contributed by atoms with Gasteiger partial charge in [-0.25, -0.2) is 4.98 Å². The lowest BCUT2D eigenvalue weighted by molar-refractivity contribution is 0.0712. The van der Waals surface area contributed by atoms with Crippen molar-refractivity contribution in [1.82, 2.24) is 9.88 Å². The number of halogens is 1. The van der Waals surface area contributed by atoms with Gasteiger partial charge in [-0.3, -0.25) is 4.79 Å². The summed E-state index contributed by atoms with van der Waals surface area (Å²) in [5.41, 5.74) is 2.15. The van der Waals surface area contributed by atoms with Gasteiger partial charge in [-0.2, -0.15) is 0 Å². The van der Waals surface area contributed by atoms with Gasteiger partial charge in [-0.1, -0.05) is 38.4 Å². The predicted molar refractivity (Wildman–Crippen MR) is 127 cm³/mol. The van der Waals surface area contributed by atoms with Gasteiger partial charge in [-0.15, -0.1) is 0 Å². The van der Waals surface area contributed by atoms with Crippen LogP contribution in [0, 0.1) is 0 Å². The predicted octanol–water partition coefficient (Wildman–Crippen LogP) is 5.26. The van der Waals surface area contributed by atoms with E-state index < -0.39 is 0 Å². The number of piperazine rings is 1. The number of hydrogen-bond donors (Lipinski definition) is 0. The van der Waals surface area contributed by atoms with E-state index in [0.29, 0.717) is 29.7 Å². The van der Waals surface area contributed by atoms with E-state index in [9.17, 15) is 4.79 Å². The fourth-order valence-electron chi connectivity index (χ4n) is 3.71. The third-order valence-electron chi connectivity index (χ3n) is 5.57. The molecule has 1 fully saturated rings. The molecular weight excluding hydrogens is 426 g/mol. The summed E-state index contributed by atoms with van der Waals surface area (Å²) in [5, 5.41) is 0.710. The van der Waals surface area contributed by atoms with E-state index in [0.717, 1.165) is 30.1 Å². The molecule has 1 aliphatic rings. The number of benzene rings is 2. The number of methoxy groups -OCH3 is 1. The number of aromatic nitrogens is 1. The number of amides is 1. The summed E-state index contributed by atoms with van der Waals surface area (Å²) in [6.07, 6.45) is 0. The Balaban J connectivity index is 1.58. The molecule has 2 aromatic carbocycles. The van der Waals surface area contributed by atoms with E-state index in [1.54, 1.807) is 7.11 Å². The highest BCUT2D eigenvalue weighted by Crippen LogP contribution is 2.32. The minimum Gasteiger partial charge on any atom is -0.497 e. The van der Waals surface area contributed by atoms with Crippen LogP contribution in [0.1, 0.15) is 37.2 Å². The van der Waals surface area contributed by atoms with E-state index in [-0.39, 0.29) is 17.1 Å². The number of carbonyl (C=O) groups is 1. The van der Waals surface area contributed by atoms with Crippen LogP contribution >= 0.6 is 11.6 Å². The van der Waals surface area contributed by atoms with Crippen LogP contribution in [0.2, 0.25) is 5.02 Å². The van der Waals surface area contributed by atoms with E-state index in [4.69, 9.17) is 25.7 Å². The highest BCUT2D eigenvalue weighted by molar-refractivity contribution is 6.30. The number of hydrogen-bond acceptors (Lipinski definition) is 5. The molecule has 6 nitrogen and oxygen atoms in total. The summed E-state index contributed by atoms with van der Waals surface area (Å²) >= 11 is 6.14. The molecule has 4 rings (SSSR count). The van der Waals surface area contributed by atoms with Crippen LogP contribution < -0.4 is 9.64 Å². The van der Waals surface area contributed by atoms with Gasteiger partial charge in [0, 0.05) is 47.9 Å². The van der Waals surface area contributed by atoms with Crippen molar-refractivity contribution in [2.24, 2.45) is 0 Å². The van der Waals surface area contributed by atoms with Crippen LogP contribution in [0.25, 0.3) is 11.3 Å². The van der Waals surface area contributed by atoms with Crippen LogP contribution in [-0.2, 0) is 5.41 Å². The molecule has 168 valence electrons. The number of nitrogens with zero attached hydrogens (tertiary/aromatic N) is 3. The molecule has 0 bridgehead atoms. The van der Waals surface area contributed by atoms with Gasteiger partial charge < -0.3 is 19.0 Å². The number of anilines is 1. The van der Waals surface area contributed by atoms with Gasteiger partial charge in [0.2, 0.25) is 11.7 Å². The first-order chi connectivity index (χ1) is 15.3. The molecule has 1 aliphatic heterocycles. The number of ether oxygens (including phenoxy) is 1. The van der Waals surface area contributed by atoms with Crippen molar-refractivity contribution in [1.29, 1.82) is 0 Å². The largest absolute Gasteiger partial charge is 0.497 e. The third-order valence-corrected chi connectivity index (χ3v) is 5.80. The highest BCUT2D eigenvalue weighted by Gasteiger charge is 2.31. The zero-order valence-corrected chi connectivity index (χ0v) is 19.6. The van der Waals surface area contributed by atoms with Crippen LogP contribution in [0.4, 0.5) is 5.69 Å². The maximum Gasteiger partial charge on any atom is 0.292 e. The van der Waals surface area contributed by atoms with Crippen LogP contribution in [-0.4, -0.2) is 49.1 Å². The minimum atomic E-state index is -0.314. The molecule has 0 saturated carbocycles. The summed E-state index contributed by atoms with van der Waals surface area (Å²) in [6.45, 7) is 8.71. The van der Waals surface area contributed by atoms with Gasteiger partial charge in [0.25, 0.3) is 5.91 Å². The van der Waals surface area contributed by atoms with Crippen molar-refractivity contribution in [3.63, 3.8) is 0 Å². The van der Waals surface area contributed by atoms with E-state index in [1.807, 2.05) is 74.2 Å². The monoisotopic (exact) mass is 453 g/mol. The first-order valence-electron chi connectivity index (χ1n) is 10.7. The molecule has 0 radical (unpaired) electrons. The zero-order valence-electron chi connectivity index (χ0n) is 18.9. The summed E-state index contributed by atoms with van der Waals surface area (Å²) < 4.78 is 11.3. The molecule has 32 heavy (non-hydrogen) atoms. The quantitative estimate of drug-likeness (QED) is 0.539. The van der Waals surface area contributed by atoms with Gasteiger partial charge in [0.05, 0.1) is 7.11 Å². The van der Waals surface area contributed by atoms with Crippen LogP contribution in [0.5, 0.6) is 5.75 Å². The van der Waals surface area contributed by atoms with Gasteiger partial charge in [0.1, 0.15) is 11.4 Å². The molecule has 7 heteroatoms. The Morgan fingerprint density at radius 3 is 2.34 bits per heavy atom. The van der Waals surface area contributed by atoms with Crippen LogP contribution in [0.3, 0.4) is 0 Å². The Kier molecular flexibility index (Phi) is 6.15. The second-order valence-electron chi connectivity index (χ2n) is 8.93. The Bertz CT molecular complexity index is 1090. The molecule has 0 N–H and O–H groups in total. The number of carbonyl (C=O) groups excluding carboxylic acids is 1. The standard InChI is InChI=1S/C25H28ClN3O3/c1-25(2,3)24-27-21(17-8-10-20(31-4)11-9-17)22(32-24)23(30)29-14-12-28(13-15-29)19-7-5-6-18(26)16-19/h5-11,16H,12-15H2,1-4H3. The van der Waals surface area contributed by atoms with Crippen molar-refractivity contribution in [3.05, 3.63) is 65.2 Å². The Hall–Kier alpha value is -2.99. The van der Waals surface area contributed by atoms with Crippen LogP contribution in [0.15, 0.2) is 52.9 Å². The zero-order chi connectivity index (χ0) is 22.9. The maximum absolute atomic E-state index is 13.5. The van der Waals surface area contributed by atoms with Gasteiger partial charge in [-0.05, 0) is 42.5 Å². The highest BCUT2D eigenvalue weighted by atomic mass is 35.5. The first-order valence-corrected chi connectivity index (χ1v) is 11.1. The Labute approximate surface area is 193 Å². The van der Waals surface area contributed by atoms with Crippen molar-refractivity contribution in [2.45, 2.75) is 26.2 Å². The third kappa shape index (κ3) is 4.60. The van der Waals surface area contributed by atoms with Crippen molar-refractivity contribution < 1.29 is 13.9 Å². The number of oxazole rings is 1. The normalized spacial score (nSPS) is 14.5. The van der Waals surface area contributed by atoms with Gasteiger partial charge in [0.15, 0.2) is 0 Å². The molecule has 0 aliphatic carbocycles.